The molecule has 158 valence electrons. The van der Waals surface area contributed by atoms with Crippen LogP contribution in [-0.4, -0.2) is 85.4 Å². The molecular formula is C23H28N4O3. The Bertz CT molecular complexity index is 908. The van der Waals surface area contributed by atoms with Gasteiger partial charge in [0.1, 0.15) is 0 Å². The molecule has 1 aromatic carbocycles. The van der Waals surface area contributed by atoms with E-state index in [-0.39, 0.29) is 17.2 Å². The Hall–Kier alpha value is -2.93. The van der Waals surface area contributed by atoms with Crippen LogP contribution in [0.15, 0.2) is 48.7 Å². The number of ether oxygens (including phenoxy) is 1. The molecule has 2 aliphatic heterocycles. The van der Waals surface area contributed by atoms with E-state index >= 15 is 0 Å². The van der Waals surface area contributed by atoms with Gasteiger partial charge in [-0.05, 0) is 38.2 Å². The largest absolute Gasteiger partial charge is 0.481 e. The molecule has 2 aromatic rings. The summed E-state index contributed by atoms with van der Waals surface area (Å²) in [6.07, 6.45) is 1.56. The molecule has 7 heteroatoms. The lowest BCUT2D eigenvalue weighted by Gasteiger charge is -2.51. The van der Waals surface area contributed by atoms with Crippen LogP contribution in [0.5, 0.6) is 5.88 Å². The fourth-order valence-electron chi connectivity index (χ4n) is 4.67. The van der Waals surface area contributed by atoms with Gasteiger partial charge in [0.25, 0.3) is 11.8 Å². The van der Waals surface area contributed by atoms with Crippen LogP contribution in [0.3, 0.4) is 0 Å². The lowest BCUT2D eigenvalue weighted by Crippen LogP contribution is -2.63. The molecule has 0 aliphatic carbocycles. The van der Waals surface area contributed by atoms with Gasteiger partial charge >= 0.3 is 0 Å². The fraction of sp³-hybridized carbons (Fsp3) is 0.435. The van der Waals surface area contributed by atoms with Crippen LogP contribution in [0.1, 0.15) is 20.7 Å². The monoisotopic (exact) mass is 408 g/mol. The molecule has 0 radical (unpaired) electrons. The van der Waals surface area contributed by atoms with Gasteiger partial charge in [-0.3, -0.25) is 9.59 Å². The maximum Gasteiger partial charge on any atom is 0.255 e. The fourth-order valence-corrected chi connectivity index (χ4v) is 4.67. The highest BCUT2D eigenvalue weighted by Crippen LogP contribution is 2.45. The van der Waals surface area contributed by atoms with Gasteiger partial charge in [0.2, 0.25) is 5.88 Å². The topological polar surface area (TPSA) is 66.0 Å². The van der Waals surface area contributed by atoms with Crippen molar-refractivity contribution < 1.29 is 14.3 Å². The lowest BCUT2D eigenvalue weighted by atomic mass is 9.71. The normalized spacial score (nSPS) is 19.8. The molecule has 2 aliphatic rings. The minimum atomic E-state index is -0.0513. The zero-order valence-electron chi connectivity index (χ0n) is 17.7. The molecule has 4 rings (SSSR count). The zero-order chi connectivity index (χ0) is 21.3. The van der Waals surface area contributed by atoms with E-state index in [9.17, 15) is 9.59 Å². The maximum absolute atomic E-state index is 13.0. The van der Waals surface area contributed by atoms with Gasteiger partial charge in [-0.25, -0.2) is 4.98 Å². The van der Waals surface area contributed by atoms with E-state index in [1.54, 1.807) is 25.4 Å². The number of aromatic nitrogens is 1. The van der Waals surface area contributed by atoms with Gasteiger partial charge in [0.05, 0.1) is 12.7 Å². The SMILES string of the molecule is COc1ccc(C(=O)N2CC3(CN(C(=O)c4ccccc4)CC3CN(C)C)C2)cn1. The predicted molar refractivity (Wildman–Crippen MR) is 114 cm³/mol. The molecular weight excluding hydrogens is 380 g/mol. The van der Waals surface area contributed by atoms with Gasteiger partial charge in [-0.2, -0.15) is 0 Å². The molecule has 2 saturated heterocycles. The summed E-state index contributed by atoms with van der Waals surface area (Å²) in [5.74, 6) is 0.870. The summed E-state index contributed by atoms with van der Waals surface area (Å²) in [6, 6.07) is 12.9. The molecule has 7 nitrogen and oxygen atoms in total. The van der Waals surface area contributed by atoms with E-state index in [0.29, 0.717) is 37.0 Å². The van der Waals surface area contributed by atoms with Gasteiger partial charge in [-0.15, -0.1) is 0 Å². The summed E-state index contributed by atoms with van der Waals surface area (Å²) < 4.78 is 5.07. The van der Waals surface area contributed by atoms with Gasteiger partial charge < -0.3 is 19.4 Å². The van der Waals surface area contributed by atoms with Gasteiger partial charge in [0.15, 0.2) is 0 Å². The van der Waals surface area contributed by atoms with Crippen molar-refractivity contribution in [2.24, 2.45) is 11.3 Å². The quantitative estimate of drug-likeness (QED) is 0.756. The van der Waals surface area contributed by atoms with Gasteiger partial charge in [0, 0.05) is 56.0 Å². The molecule has 30 heavy (non-hydrogen) atoms. The van der Waals surface area contributed by atoms with E-state index in [2.05, 4.69) is 24.0 Å². The second-order valence-corrected chi connectivity index (χ2v) is 8.62. The van der Waals surface area contributed by atoms with Crippen LogP contribution in [0.2, 0.25) is 0 Å². The second kappa shape index (κ2) is 8.07. The lowest BCUT2D eigenvalue weighted by molar-refractivity contribution is -0.0147. The number of hydrogen-bond donors (Lipinski definition) is 0. The van der Waals surface area contributed by atoms with Crippen molar-refractivity contribution in [1.82, 2.24) is 19.7 Å². The molecule has 2 fully saturated rings. The van der Waals surface area contributed by atoms with Crippen LogP contribution in [0.4, 0.5) is 0 Å². The summed E-state index contributed by atoms with van der Waals surface area (Å²) >= 11 is 0. The van der Waals surface area contributed by atoms with Crippen molar-refractivity contribution in [2.75, 3.05) is 53.9 Å². The number of carbonyl (C=O) groups excluding carboxylic acids is 2. The summed E-state index contributed by atoms with van der Waals surface area (Å²) in [7, 11) is 5.66. The maximum atomic E-state index is 13.0. The van der Waals surface area contributed by atoms with Crippen molar-refractivity contribution in [3.8, 4) is 5.88 Å². The number of pyridine rings is 1. The van der Waals surface area contributed by atoms with Crippen molar-refractivity contribution in [1.29, 1.82) is 0 Å². The summed E-state index contributed by atoms with van der Waals surface area (Å²) in [4.78, 5) is 36.0. The summed E-state index contributed by atoms with van der Waals surface area (Å²) in [5, 5.41) is 0. The molecule has 0 saturated carbocycles. The predicted octanol–water partition coefficient (Wildman–Crippen LogP) is 1.87. The smallest absolute Gasteiger partial charge is 0.255 e. The second-order valence-electron chi connectivity index (χ2n) is 8.62. The molecule has 1 aromatic heterocycles. The molecule has 1 atom stereocenters. The molecule has 0 N–H and O–H groups in total. The number of amides is 2. The van der Waals surface area contributed by atoms with E-state index < -0.39 is 0 Å². The number of rotatable bonds is 5. The number of nitrogens with zero attached hydrogens (tertiary/aromatic N) is 4. The van der Waals surface area contributed by atoms with Gasteiger partial charge in [-0.1, -0.05) is 18.2 Å². The molecule has 2 amide bonds. The number of likely N-dealkylation sites (tertiary alicyclic amines) is 2. The van der Waals surface area contributed by atoms with Crippen LogP contribution >= 0.6 is 0 Å². The highest BCUT2D eigenvalue weighted by Gasteiger charge is 2.56. The molecule has 1 spiro atoms. The van der Waals surface area contributed by atoms with E-state index in [1.807, 2.05) is 40.1 Å². The third-order valence-electron chi connectivity index (χ3n) is 6.20. The van der Waals surface area contributed by atoms with Crippen molar-refractivity contribution in [3.05, 3.63) is 59.8 Å². The van der Waals surface area contributed by atoms with Crippen LogP contribution in [0.25, 0.3) is 0 Å². The minimum absolute atomic E-state index is 0.0211. The third-order valence-corrected chi connectivity index (χ3v) is 6.20. The molecule has 1 unspecified atom stereocenters. The van der Waals surface area contributed by atoms with Crippen molar-refractivity contribution >= 4 is 11.8 Å². The highest BCUT2D eigenvalue weighted by molar-refractivity contribution is 5.95. The van der Waals surface area contributed by atoms with Crippen LogP contribution in [0, 0.1) is 11.3 Å². The first-order valence-electron chi connectivity index (χ1n) is 10.2. The van der Waals surface area contributed by atoms with Crippen molar-refractivity contribution in [2.45, 2.75) is 0 Å². The standard InChI is InChI=1S/C23H28N4O3/c1-25(2)12-19-13-26(21(28)17-7-5-4-6-8-17)14-23(19)15-27(16-23)22(29)18-9-10-20(30-3)24-11-18/h4-11,19H,12-16H2,1-3H3. The Morgan fingerprint density at radius 2 is 1.70 bits per heavy atom. The number of hydrogen-bond acceptors (Lipinski definition) is 5. The molecule has 3 heterocycles. The first-order valence-corrected chi connectivity index (χ1v) is 10.2. The Kier molecular flexibility index (Phi) is 5.47. The minimum Gasteiger partial charge on any atom is -0.481 e. The van der Waals surface area contributed by atoms with Crippen molar-refractivity contribution in [3.63, 3.8) is 0 Å². The average Bonchev–Trinajstić information content (AvgIpc) is 3.11. The average molecular weight is 409 g/mol. The van der Waals surface area contributed by atoms with E-state index in [4.69, 9.17) is 4.74 Å². The zero-order valence-corrected chi connectivity index (χ0v) is 17.7. The number of benzene rings is 1. The Balaban J connectivity index is 1.47. The first-order chi connectivity index (χ1) is 14.4. The number of methoxy groups -OCH3 is 1. The van der Waals surface area contributed by atoms with Crippen LogP contribution in [-0.2, 0) is 0 Å². The first kappa shape index (κ1) is 20.3. The van der Waals surface area contributed by atoms with E-state index in [1.165, 1.54) is 0 Å². The summed E-state index contributed by atoms with van der Waals surface area (Å²) in [5.41, 5.74) is 1.23. The highest BCUT2D eigenvalue weighted by atomic mass is 16.5. The molecule has 0 bridgehead atoms. The third kappa shape index (κ3) is 3.77. The Morgan fingerprint density at radius 1 is 1.03 bits per heavy atom. The van der Waals surface area contributed by atoms with E-state index in [0.717, 1.165) is 18.7 Å². The Labute approximate surface area is 177 Å². The number of carbonyl (C=O) groups is 2. The van der Waals surface area contributed by atoms with Crippen LogP contribution < -0.4 is 4.74 Å². The Morgan fingerprint density at radius 3 is 2.30 bits per heavy atom. The summed E-state index contributed by atoms with van der Waals surface area (Å²) in [6.45, 7) is 3.62.